The van der Waals surface area contributed by atoms with Crippen LogP contribution in [0.4, 0.5) is 17.1 Å². The van der Waals surface area contributed by atoms with Crippen molar-refractivity contribution in [1.82, 2.24) is 0 Å². The van der Waals surface area contributed by atoms with Gasteiger partial charge in [-0.2, -0.15) is 0 Å². The molecular weight excluding hydrogens is 807 g/mol. The van der Waals surface area contributed by atoms with Crippen molar-refractivity contribution in [2.24, 2.45) is 0 Å². The monoisotopic (exact) mass is 843 g/mol. The number of fused-ring (bicyclic) bond motifs is 21. The van der Waals surface area contributed by atoms with Crippen molar-refractivity contribution in [1.29, 1.82) is 0 Å². The summed E-state index contributed by atoms with van der Waals surface area (Å²) in [6.45, 7) is 0. The molecule has 0 N–H and O–H groups in total. The maximum Gasteiger partial charge on any atom is 0.137 e. The van der Waals surface area contributed by atoms with Gasteiger partial charge in [0.1, 0.15) is 34.2 Å². The smallest absolute Gasteiger partial charge is 0.137 e. The van der Waals surface area contributed by atoms with Crippen LogP contribution in [0.15, 0.2) is 229 Å². The van der Waals surface area contributed by atoms with Crippen LogP contribution in [0, 0.1) is 0 Å². The zero-order valence-corrected chi connectivity index (χ0v) is 35.5. The molecule has 4 nitrogen and oxygen atoms in total. The Morgan fingerprint density at radius 1 is 0.303 bits per heavy atom. The Hall–Kier alpha value is -8.60. The lowest BCUT2D eigenvalue weighted by Crippen LogP contribution is -2.32. The molecule has 0 saturated carbocycles. The summed E-state index contributed by atoms with van der Waals surface area (Å²) in [4.78, 5) is 2.39. The maximum atomic E-state index is 7.12. The zero-order valence-electron chi connectivity index (χ0n) is 35.5. The molecule has 308 valence electrons. The first-order valence-electron chi connectivity index (χ1n) is 22.7. The Labute approximate surface area is 381 Å². The minimum atomic E-state index is -0.633. The molecule has 0 amide bonds. The van der Waals surface area contributed by atoms with E-state index in [4.69, 9.17) is 13.9 Å². The van der Waals surface area contributed by atoms with E-state index in [1.54, 1.807) is 0 Å². The number of rotatable bonds is 3. The first kappa shape index (κ1) is 35.8. The van der Waals surface area contributed by atoms with Crippen molar-refractivity contribution in [2.75, 3.05) is 4.90 Å². The number of benzene rings is 10. The fourth-order valence-corrected chi connectivity index (χ4v) is 12.3. The van der Waals surface area contributed by atoms with E-state index in [1.807, 2.05) is 6.07 Å². The third-order valence-electron chi connectivity index (χ3n) is 14.8. The summed E-state index contributed by atoms with van der Waals surface area (Å²) >= 11 is 0. The van der Waals surface area contributed by atoms with E-state index in [0.29, 0.717) is 0 Å². The molecule has 2 spiro atoms. The Kier molecular flexibility index (Phi) is 7.05. The van der Waals surface area contributed by atoms with Gasteiger partial charge in [0.15, 0.2) is 0 Å². The number of furan rings is 1. The quantitative estimate of drug-likeness (QED) is 0.177. The lowest BCUT2D eigenvalue weighted by Gasteiger charge is -2.41. The molecule has 3 heterocycles. The van der Waals surface area contributed by atoms with Crippen molar-refractivity contribution in [3.63, 3.8) is 0 Å². The highest BCUT2D eigenvalue weighted by atomic mass is 16.5. The highest BCUT2D eigenvalue weighted by Gasteiger charge is 2.53. The van der Waals surface area contributed by atoms with Gasteiger partial charge in [0.2, 0.25) is 0 Å². The Bertz CT molecular complexity index is 3790. The molecular formula is C62H37NO3. The van der Waals surface area contributed by atoms with Crippen molar-refractivity contribution in [3.05, 3.63) is 269 Å². The topological polar surface area (TPSA) is 34.8 Å². The van der Waals surface area contributed by atoms with Gasteiger partial charge >= 0.3 is 0 Å². The number of ether oxygens (including phenoxy) is 2. The summed E-state index contributed by atoms with van der Waals surface area (Å²) in [5.41, 5.74) is 17.9. The zero-order chi connectivity index (χ0) is 43.1. The summed E-state index contributed by atoms with van der Waals surface area (Å²) < 4.78 is 20.6. The van der Waals surface area contributed by atoms with Crippen molar-refractivity contribution >= 4 is 39.0 Å². The van der Waals surface area contributed by atoms with Crippen molar-refractivity contribution < 1.29 is 13.9 Å². The van der Waals surface area contributed by atoms with Gasteiger partial charge in [-0.25, -0.2) is 0 Å². The Balaban J connectivity index is 1.02. The summed E-state index contributed by atoms with van der Waals surface area (Å²) in [5, 5.41) is 2.09. The van der Waals surface area contributed by atoms with Gasteiger partial charge in [-0.05, 0) is 99.1 Å². The van der Waals surface area contributed by atoms with Crippen LogP contribution in [0.2, 0.25) is 0 Å². The first-order chi connectivity index (χ1) is 32.7. The fourth-order valence-electron chi connectivity index (χ4n) is 12.3. The predicted octanol–water partition coefficient (Wildman–Crippen LogP) is 16.0. The molecule has 0 bridgehead atoms. The molecule has 10 aromatic carbocycles. The summed E-state index contributed by atoms with van der Waals surface area (Å²) in [6.07, 6.45) is 0. The van der Waals surface area contributed by atoms with Gasteiger partial charge in [0, 0.05) is 45.1 Å². The molecule has 0 atom stereocenters. The highest BCUT2D eigenvalue weighted by molar-refractivity contribution is 6.13. The molecule has 11 aromatic rings. The second kappa shape index (κ2) is 13.0. The normalized spacial score (nSPS) is 14.5. The molecule has 0 unspecified atom stereocenters. The maximum absolute atomic E-state index is 7.12. The standard InChI is InChI=1S/C62H37NO3/c1-6-21-45-40(16-1)41-17-2-7-22-46(41)61(45)49-25-10-14-30-56(49)66-59-37-39(32-34-51(59)61)63(53-27-15-31-58-60(53)44-20-5-12-28-54(44)64-58)38-33-35-57-52(36-38)62(50-26-11-13-29-55(50)65-57)47-23-8-3-18-42(47)43-19-4-9-24-48(43)62/h1-37H. The van der Waals surface area contributed by atoms with Crippen LogP contribution in [0.25, 0.3) is 44.2 Å². The minimum absolute atomic E-state index is 0.576. The van der Waals surface area contributed by atoms with Gasteiger partial charge in [0.05, 0.1) is 21.9 Å². The van der Waals surface area contributed by atoms with Crippen molar-refractivity contribution in [3.8, 4) is 45.3 Å². The molecule has 1 aromatic heterocycles. The van der Waals surface area contributed by atoms with Gasteiger partial charge in [-0.1, -0.05) is 164 Å². The summed E-state index contributed by atoms with van der Waals surface area (Å²) in [5.74, 6) is 3.37. The van der Waals surface area contributed by atoms with E-state index in [1.165, 1.54) is 44.5 Å². The van der Waals surface area contributed by atoms with Crippen molar-refractivity contribution in [2.45, 2.75) is 10.8 Å². The second-order valence-corrected chi connectivity index (χ2v) is 17.8. The third kappa shape index (κ3) is 4.43. The minimum Gasteiger partial charge on any atom is -0.457 e. The average molecular weight is 844 g/mol. The largest absolute Gasteiger partial charge is 0.457 e. The lowest BCUT2D eigenvalue weighted by molar-refractivity contribution is 0.436. The third-order valence-corrected chi connectivity index (χ3v) is 14.8. The molecule has 66 heavy (non-hydrogen) atoms. The lowest BCUT2D eigenvalue weighted by atomic mass is 9.66. The van der Waals surface area contributed by atoms with Crippen LogP contribution in [0.1, 0.15) is 44.5 Å². The molecule has 0 saturated heterocycles. The highest BCUT2D eigenvalue weighted by Crippen LogP contribution is 2.65. The molecule has 2 aliphatic carbocycles. The van der Waals surface area contributed by atoms with E-state index in [-0.39, 0.29) is 0 Å². The van der Waals surface area contributed by atoms with Crippen LogP contribution in [0.3, 0.4) is 0 Å². The molecule has 0 fully saturated rings. The molecule has 0 radical (unpaired) electrons. The second-order valence-electron chi connectivity index (χ2n) is 17.8. The predicted molar refractivity (Wildman–Crippen MR) is 263 cm³/mol. The van der Waals surface area contributed by atoms with E-state index >= 15 is 0 Å². The molecule has 4 heteroatoms. The number of para-hydroxylation sites is 3. The number of nitrogens with zero attached hydrogens (tertiary/aromatic N) is 1. The van der Waals surface area contributed by atoms with E-state index in [9.17, 15) is 0 Å². The summed E-state index contributed by atoms with van der Waals surface area (Å²) in [7, 11) is 0. The number of hydrogen-bond donors (Lipinski definition) is 0. The van der Waals surface area contributed by atoms with E-state index < -0.39 is 10.8 Å². The van der Waals surface area contributed by atoms with E-state index in [0.717, 1.165) is 84.3 Å². The Morgan fingerprint density at radius 2 is 0.742 bits per heavy atom. The van der Waals surface area contributed by atoms with Crippen LogP contribution in [0.5, 0.6) is 23.0 Å². The molecule has 4 aliphatic rings. The van der Waals surface area contributed by atoms with Gasteiger partial charge in [-0.15, -0.1) is 0 Å². The molecule has 2 aliphatic heterocycles. The van der Waals surface area contributed by atoms with Crippen LogP contribution in [-0.4, -0.2) is 0 Å². The average Bonchev–Trinajstić information content (AvgIpc) is 4.00. The van der Waals surface area contributed by atoms with Crippen LogP contribution < -0.4 is 14.4 Å². The van der Waals surface area contributed by atoms with Gasteiger partial charge in [0.25, 0.3) is 0 Å². The van der Waals surface area contributed by atoms with Crippen LogP contribution >= 0.6 is 0 Å². The van der Waals surface area contributed by atoms with Crippen LogP contribution in [-0.2, 0) is 10.8 Å². The summed E-state index contributed by atoms with van der Waals surface area (Å²) in [6, 6.07) is 81.0. The van der Waals surface area contributed by atoms with Gasteiger partial charge in [-0.3, -0.25) is 0 Å². The first-order valence-corrected chi connectivity index (χ1v) is 22.7. The number of hydrogen-bond acceptors (Lipinski definition) is 4. The van der Waals surface area contributed by atoms with Gasteiger partial charge < -0.3 is 18.8 Å². The molecule has 15 rings (SSSR count). The number of anilines is 3. The Morgan fingerprint density at radius 3 is 1.36 bits per heavy atom. The SMILES string of the molecule is c1ccc2c(c1)Oc1cc(N(c3ccc4c(c3)C3(c5ccccc5O4)c4ccccc4-c4ccccc43)c3cccc4oc5ccccc5c34)ccc1C21c2ccccc2-c2ccccc21. The van der Waals surface area contributed by atoms with E-state index in [2.05, 4.69) is 223 Å². The fraction of sp³-hybridized carbons (Fsp3) is 0.0323.